The molecule has 0 aliphatic carbocycles. The summed E-state index contributed by atoms with van der Waals surface area (Å²) in [7, 11) is 3.07. The molecule has 0 radical (unpaired) electrons. The second kappa shape index (κ2) is 11.9. The highest BCUT2D eigenvalue weighted by atomic mass is 19.1. The summed E-state index contributed by atoms with van der Waals surface area (Å²) in [5.41, 5.74) is 2.46. The van der Waals surface area contributed by atoms with E-state index in [1.165, 1.54) is 29.3 Å². The van der Waals surface area contributed by atoms with Crippen molar-refractivity contribution in [3.63, 3.8) is 0 Å². The number of aryl methyl sites for hydroxylation is 1. The molecule has 0 spiro atoms. The van der Waals surface area contributed by atoms with Gasteiger partial charge in [-0.25, -0.2) is 9.18 Å². The van der Waals surface area contributed by atoms with Crippen LogP contribution < -0.4 is 21.5 Å². The van der Waals surface area contributed by atoms with E-state index in [0.29, 0.717) is 24.5 Å². The molecule has 9 nitrogen and oxygen atoms in total. The maximum Gasteiger partial charge on any atom is 0.332 e. The van der Waals surface area contributed by atoms with Gasteiger partial charge in [0.05, 0.1) is 6.04 Å². The third kappa shape index (κ3) is 5.53. The highest BCUT2D eigenvalue weighted by Gasteiger charge is 2.34. The van der Waals surface area contributed by atoms with Gasteiger partial charge in [0.1, 0.15) is 5.82 Å². The lowest BCUT2D eigenvalue weighted by Crippen LogP contribution is -2.46. The van der Waals surface area contributed by atoms with Gasteiger partial charge in [-0.2, -0.15) is 4.98 Å². The Kier molecular flexibility index (Phi) is 8.39. The molecule has 5 rings (SSSR count). The first-order valence-electron chi connectivity index (χ1n) is 14.7. The van der Waals surface area contributed by atoms with Crippen LogP contribution in [0.5, 0.6) is 0 Å². The smallest absolute Gasteiger partial charge is 0.332 e. The largest absolute Gasteiger partial charge is 0.396 e. The Morgan fingerprint density at radius 2 is 1.67 bits per heavy atom. The van der Waals surface area contributed by atoms with Gasteiger partial charge in [0, 0.05) is 32.4 Å². The van der Waals surface area contributed by atoms with Crippen LogP contribution in [0, 0.1) is 5.82 Å². The summed E-state index contributed by atoms with van der Waals surface area (Å²) in [6.07, 6.45) is 2.92. The molecule has 1 saturated heterocycles. The number of anilines is 1. The lowest BCUT2D eigenvalue weighted by Gasteiger charge is -2.41. The molecule has 2 N–H and O–H groups in total. The highest BCUT2D eigenvalue weighted by Crippen LogP contribution is 2.38. The topological polar surface area (TPSA) is 97.3 Å². The Morgan fingerprint density at radius 3 is 2.26 bits per heavy atom. The first kappa shape index (κ1) is 29.7. The predicted octanol–water partition coefficient (Wildman–Crippen LogP) is 3.93. The van der Waals surface area contributed by atoms with Gasteiger partial charge in [-0.3, -0.25) is 18.5 Å². The van der Waals surface area contributed by atoms with Gasteiger partial charge in [-0.15, -0.1) is 0 Å². The molecule has 2 aromatic heterocycles. The Morgan fingerprint density at radius 1 is 1.02 bits per heavy atom. The van der Waals surface area contributed by atoms with Gasteiger partial charge < -0.3 is 15.3 Å². The van der Waals surface area contributed by atoms with Crippen LogP contribution in [0.2, 0.25) is 0 Å². The molecule has 1 aliphatic rings. The monoisotopic (exact) mass is 576 g/mol. The quantitative estimate of drug-likeness (QED) is 0.330. The second-order valence-electron chi connectivity index (χ2n) is 12.2. The van der Waals surface area contributed by atoms with Crippen molar-refractivity contribution in [2.24, 2.45) is 14.1 Å². The van der Waals surface area contributed by atoms with E-state index in [1.54, 1.807) is 23.7 Å². The standard InChI is InChI=1S/C32H41FN6O3/c1-32(2,3)22-10-8-21(9-11-22)26(7-6-20-40)38(25-16-18-34-19-17-25)30-35-28-27(29(41)37(5)31(42)36(28)4)39(30)24-14-12-23(33)13-15-24/h8-15,25-26,34,40H,6-7,16-20H2,1-5H3. The number of piperidine rings is 1. The second-order valence-corrected chi connectivity index (χ2v) is 12.2. The summed E-state index contributed by atoms with van der Waals surface area (Å²) in [5, 5.41) is 13.4. The van der Waals surface area contributed by atoms with E-state index in [0.717, 1.165) is 36.1 Å². The van der Waals surface area contributed by atoms with Crippen LogP contribution in [0.25, 0.3) is 16.9 Å². The Labute approximate surface area is 245 Å². The number of imidazole rings is 1. The average molecular weight is 577 g/mol. The molecule has 1 fully saturated rings. The molecule has 10 heteroatoms. The lowest BCUT2D eigenvalue weighted by molar-refractivity contribution is 0.274. The molecule has 1 atom stereocenters. The fraction of sp³-hybridized carbons (Fsp3) is 0.469. The first-order chi connectivity index (χ1) is 20.0. The van der Waals surface area contributed by atoms with E-state index in [2.05, 4.69) is 55.3 Å². The van der Waals surface area contributed by atoms with Crippen LogP contribution in [-0.4, -0.2) is 49.5 Å². The van der Waals surface area contributed by atoms with Crippen molar-refractivity contribution in [3.8, 4) is 5.69 Å². The zero-order chi connectivity index (χ0) is 30.2. The van der Waals surface area contributed by atoms with Gasteiger partial charge >= 0.3 is 5.69 Å². The summed E-state index contributed by atoms with van der Waals surface area (Å²) < 4.78 is 18.3. The van der Waals surface area contributed by atoms with Crippen molar-refractivity contribution in [1.82, 2.24) is 24.0 Å². The zero-order valence-electron chi connectivity index (χ0n) is 25.1. The van der Waals surface area contributed by atoms with Crippen LogP contribution >= 0.6 is 0 Å². The van der Waals surface area contributed by atoms with Gasteiger partial charge in [0.25, 0.3) is 5.56 Å². The molecule has 42 heavy (non-hydrogen) atoms. The molecular formula is C32H41FN6O3. The maximum absolute atomic E-state index is 14.1. The molecule has 224 valence electrons. The molecule has 1 unspecified atom stereocenters. The van der Waals surface area contributed by atoms with Gasteiger partial charge in [-0.1, -0.05) is 45.0 Å². The Bertz CT molecular complexity index is 1660. The van der Waals surface area contributed by atoms with E-state index in [1.807, 2.05) is 0 Å². The van der Waals surface area contributed by atoms with Crippen molar-refractivity contribution >= 4 is 17.1 Å². The van der Waals surface area contributed by atoms with E-state index in [-0.39, 0.29) is 41.1 Å². The number of fused-ring (bicyclic) bond motifs is 1. The normalized spacial score (nSPS) is 15.3. The number of aromatic nitrogens is 4. The minimum atomic E-state index is -0.470. The van der Waals surface area contributed by atoms with Crippen molar-refractivity contribution in [1.29, 1.82) is 0 Å². The highest BCUT2D eigenvalue weighted by molar-refractivity contribution is 5.78. The minimum Gasteiger partial charge on any atom is -0.396 e. The fourth-order valence-corrected chi connectivity index (χ4v) is 5.99. The van der Waals surface area contributed by atoms with Gasteiger partial charge in [0.15, 0.2) is 11.2 Å². The number of nitrogens with one attached hydrogen (secondary N) is 1. The van der Waals surface area contributed by atoms with Gasteiger partial charge in [0.2, 0.25) is 5.95 Å². The minimum absolute atomic E-state index is 0.00471. The van der Waals surface area contributed by atoms with Crippen molar-refractivity contribution in [2.45, 2.75) is 64.0 Å². The summed E-state index contributed by atoms with van der Waals surface area (Å²) in [6, 6.07) is 14.5. The molecule has 3 heterocycles. The fourth-order valence-electron chi connectivity index (χ4n) is 5.99. The predicted molar refractivity (Wildman–Crippen MR) is 164 cm³/mol. The number of rotatable bonds is 8. The van der Waals surface area contributed by atoms with Crippen LogP contribution in [0.15, 0.2) is 58.1 Å². The summed E-state index contributed by atoms with van der Waals surface area (Å²) in [5.74, 6) is 0.129. The molecule has 4 aromatic rings. The summed E-state index contributed by atoms with van der Waals surface area (Å²) >= 11 is 0. The third-order valence-electron chi connectivity index (χ3n) is 8.39. The number of nitrogens with zero attached hydrogens (tertiary/aromatic N) is 5. The molecule has 0 amide bonds. The summed E-state index contributed by atoms with van der Waals surface area (Å²) in [4.78, 5) is 33.9. The number of aliphatic hydroxyl groups is 1. The van der Waals surface area contributed by atoms with E-state index in [9.17, 15) is 19.1 Å². The van der Waals surface area contributed by atoms with Crippen molar-refractivity contribution in [2.75, 3.05) is 24.6 Å². The Balaban J connectivity index is 1.81. The van der Waals surface area contributed by atoms with Crippen LogP contribution in [0.1, 0.15) is 63.6 Å². The molecule has 0 bridgehead atoms. The summed E-state index contributed by atoms with van der Waals surface area (Å²) in [6.45, 7) is 8.25. The van der Waals surface area contributed by atoms with Crippen molar-refractivity contribution in [3.05, 3.63) is 86.3 Å². The van der Waals surface area contributed by atoms with Crippen LogP contribution in [0.4, 0.5) is 10.3 Å². The van der Waals surface area contributed by atoms with Crippen LogP contribution in [-0.2, 0) is 19.5 Å². The maximum atomic E-state index is 14.1. The molecular weight excluding hydrogens is 535 g/mol. The lowest BCUT2D eigenvalue weighted by atomic mass is 9.85. The van der Waals surface area contributed by atoms with E-state index >= 15 is 0 Å². The molecule has 0 saturated carbocycles. The van der Waals surface area contributed by atoms with Gasteiger partial charge in [-0.05, 0) is 79.6 Å². The van der Waals surface area contributed by atoms with Crippen LogP contribution in [0.3, 0.4) is 0 Å². The third-order valence-corrected chi connectivity index (χ3v) is 8.39. The molecule has 1 aliphatic heterocycles. The Hall–Kier alpha value is -3.76. The molecule has 2 aromatic carbocycles. The van der Waals surface area contributed by atoms with Crippen molar-refractivity contribution < 1.29 is 9.50 Å². The first-order valence-corrected chi connectivity index (χ1v) is 14.7. The zero-order valence-corrected chi connectivity index (χ0v) is 25.1. The number of hydrogen-bond donors (Lipinski definition) is 2. The number of halogens is 1. The van der Waals surface area contributed by atoms with E-state index < -0.39 is 11.2 Å². The number of benzene rings is 2. The average Bonchev–Trinajstić information content (AvgIpc) is 3.38. The van der Waals surface area contributed by atoms with E-state index in [4.69, 9.17) is 4.98 Å². The number of aliphatic hydroxyl groups excluding tert-OH is 1. The SMILES string of the molecule is Cn1c(=O)c2c(nc(N(C3CCNCC3)C(CCCO)c3ccc(C(C)(C)C)cc3)n2-c2ccc(F)cc2)n(C)c1=O. The number of hydrogen-bond acceptors (Lipinski definition) is 6.